The molecule has 8 nitrogen and oxygen atoms in total. The van der Waals surface area contributed by atoms with Gasteiger partial charge in [0.25, 0.3) is 0 Å². The predicted molar refractivity (Wildman–Crippen MR) is 121 cm³/mol. The van der Waals surface area contributed by atoms with Gasteiger partial charge in [-0.05, 0) is 12.1 Å². The Morgan fingerprint density at radius 1 is 1.14 bits per heavy atom. The van der Waals surface area contributed by atoms with Crippen molar-refractivity contribution in [2.45, 2.75) is 45.6 Å². The van der Waals surface area contributed by atoms with Crippen LogP contribution in [-0.2, 0) is 24.6 Å². The molecule has 4 heterocycles. The van der Waals surface area contributed by atoms with Gasteiger partial charge in [0.15, 0.2) is 24.2 Å². The van der Waals surface area contributed by atoms with Gasteiger partial charge in [-0.25, -0.2) is 27.8 Å². The Bertz CT molecular complexity index is 1240. The highest BCUT2D eigenvalue weighted by Gasteiger charge is 2.29. The molecule has 2 aliphatic heterocycles. The van der Waals surface area contributed by atoms with Gasteiger partial charge in [-0.1, -0.05) is 0 Å². The maximum Gasteiger partial charge on any atom is 0.219 e. The van der Waals surface area contributed by atoms with Gasteiger partial charge in [-0.3, -0.25) is 4.79 Å². The van der Waals surface area contributed by atoms with Crippen LogP contribution < -0.4 is 9.64 Å². The number of benzene rings is 1. The number of hydrogen-bond acceptors (Lipinski definition) is 6. The largest absolute Gasteiger partial charge is 0.487 e. The fourth-order valence-corrected chi connectivity index (χ4v) is 4.49. The highest BCUT2D eigenvalue weighted by atomic mass is 19.1. The first-order chi connectivity index (χ1) is 16.9. The molecule has 0 aliphatic carbocycles. The van der Waals surface area contributed by atoms with E-state index in [0.717, 1.165) is 17.5 Å². The molecule has 1 aromatic carbocycles. The average Bonchev–Trinajstić information content (AvgIpc) is 3.34. The van der Waals surface area contributed by atoms with Crippen molar-refractivity contribution in [1.82, 2.24) is 24.6 Å². The molecule has 3 aromatic rings. The number of anilines is 1. The molecule has 184 valence electrons. The van der Waals surface area contributed by atoms with E-state index in [1.54, 1.807) is 17.3 Å². The number of rotatable bonds is 5. The Hall–Kier alpha value is -3.63. The van der Waals surface area contributed by atoms with E-state index in [-0.39, 0.29) is 17.8 Å². The second kappa shape index (κ2) is 9.55. The lowest BCUT2D eigenvalue weighted by Gasteiger charge is -2.35. The summed E-state index contributed by atoms with van der Waals surface area (Å²) in [7, 11) is 0. The Morgan fingerprint density at radius 2 is 1.94 bits per heavy atom. The molecule has 0 saturated carbocycles. The Morgan fingerprint density at radius 3 is 2.63 bits per heavy atom. The quantitative estimate of drug-likeness (QED) is 0.550. The lowest BCUT2D eigenvalue weighted by Crippen LogP contribution is -2.40. The molecular formula is C24H25F3N6O2. The molecule has 2 aliphatic rings. The summed E-state index contributed by atoms with van der Waals surface area (Å²) < 4.78 is 47.3. The number of amides is 1. The van der Waals surface area contributed by atoms with E-state index in [1.807, 2.05) is 0 Å². The number of piperidine rings is 1. The minimum atomic E-state index is -0.755. The van der Waals surface area contributed by atoms with Crippen molar-refractivity contribution in [2.24, 2.45) is 0 Å². The van der Waals surface area contributed by atoms with Gasteiger partial charge in [-0.2, -0.15) is 5.10 Å². The zero-order valence-electron chi connectivity index (χ0n) is 19.3. The Labute approximate surface area is 200 Å². The van der Waals surface area contributed by atoms with Gasteiger partial charge in [0.2, 0.25) is 5.91 Å². The van der Waals surface area contributed by atoms with Crippen LogP contribution in [0.4, 0.5) is 19.0 Å². The summed E-state index contributed by atoms with van der Waals surface area (Å²) in [6.07, 6.45) is 4.73. The molecule has 1 amide bonds. The first kappa shape index (κ1) is 23.1. The molecule has 0 atom stereocenters. The molecule has 5 rings (SSSR count). The molecular weight excluding hydrogens is 461 g/mol. The van der Waals surface area contributed by atoms with Gasteiger partial charge >= 0.3 is 0 Å². The maximum absolute atomic E-state index is 14.0. The van der Waals surface area contributed by atoms with Crippen molar-refractivity contribution < 1.29 is 22.7 Å². The number of nitrogens with zero attached hydrogens (tertiary/aromatic N) is 6. The molecule has 1 fully saturated rings. The molecule has 35 heavy (non-hydrogen) atoms. The molecule has 1 saturated heterocycles. The second-order valence-corrected chi connectivity index (χ2v) is 8.75. The van der Waals surface area contributed by atoms with Crippen molar-refractivity contribution in [3.05, 3.63) is 53.6 Å². The molecule has 0 spiro atoms. The summed E-state index contributed by atoms with van der Waals surface area (Å²) in [6.45, 7) is 2.91. The molecule has 0 N–H and O–H groups in total. The van der Waals surface area contributed by atoms with Crippen LogP contribution >= 0.6 is 0 Å². The van der Waals surface area contributed by atoms with Crippen molar-refractivity contribution in [3.8, 4) is 17.0 Å². The molecule has 0 bridgehead atoms. The highest BCUT2D eigenvalue weighted by molar-refractivity contribution is 5.74. The third-order valence-electron chi connectivity index (χ3n) is 6.40. The van der Waals surface area contributed by atoms with Crippen molar-refractivity contribution in [3.63, 3.8) is 0 Å². The number of carbonyl (C=O) groups excluding carboxylic acids is 1. The maximum atomic E-state index is 14.0. The molecule has 2 aromatic heterocycles. The number of carbonyl (C=O) groups is 1. The fourth-order valence-electron chi connectivity index (χ4n) is 4.49. The van der Waals surface area contributed by atoms with E-state index in [2.05, 4.69) is 10.00 Å². The first-order valence-corrected chi connectivity index (χ1v) is 11.5. The van der Waals surface area contributed by atoms with Crippen LogP contribution in [0.5, 0.6) is 5.75 Å². The van der Waals surface area contributed by atoms with Crippen molar-refractivity contribution >= 4 is 11.7 Å². The smallest absolute Gasteiger partial charge is 0.219 e. The first-order valence-electron chi connectivity index (χ1n) is 11.5. The van der Waals surface area contributed by atoms with Crippen LogP contribution in [0.2, 0.25) is 0 Å². The normalized spacial score (nSPS) is 16.3. The van der Waals surface area contributed by atoms with Crippen LogP contribution in [0.25, 0.3) is 11.3 Å². The van der Waals surface area contributed by atoms with Crippen LogP contribution in [0.3, 0.4) is 0 Å². The monoisotopic (exact) mass is 486 g/mol. The number of halogens is 3. The van der Waals surface area contributed by atoms with E-state index in [1.165, 1.54) is 23.7 Å². The van der Waals surface area contributed by atoms with E-state index in [4.69, 9.17) is 14.7 Å². The van der Waals surface area contributed by atoms with Crippen LogP contribution in [-0.4, -0.2) is 56.3 Å². The third-order valence-corrected chi connectivity index (χ3v) is 6.40. The minimum absolute atomic E-state index is 0.0204. The van der Waals surface area contributed by atoms with E-state index in [9.17, 15) is 18.0 Å². The van der Waals surface area contributed by atoms with E-state index in [0.29, 0.717) is 62.5 Å². The van der Waals surface area contributed by atoms with Crippen LogP contribution in [0.15, 0.2) is 30.6 Å². The zero-order chi connectivity index (χ0) is 24.5. The van der Waals surface area contributed by atoms with Gasteiger partial charge in [0, 0.05) is 63.6 Å². The number of hydrogen-bond donors (Lipinski definition) is 0. The summed E-state index contributed by atoms with van der Waals surface area (Å²) in [4.78, 5) is 25.5. The van der Waals surface area contributed by atoms with Gasteiger partial charge < -0.3 is 14.5 Å². The standard InChI is InChI=1S/C24H25F3N6O2/c1-15(34)32-9-6-20-21(13-32)29-23(16-11-28-33(12-16)14-25)24(30-20)31-7-4-18(5-8-31)35-22-3-2-17(26)10-19(22)27/h2-3,10-12,18H,4-9,13-14H2,1H3. The Balaban J connectivity index is 1.39. The highest BCUT2D eigenvalue weighted by Crippen LogP contribution is 2.33. The van der Waals surface area contributed by atoms with E-state index >= 15 is 0 Å². The summed E-state index contributed by atoms with van der Waals surface area (Å²) in [5, 5.41) is 4.03. The zero-order valence-corrected chi connectivity index (χ0v) is 19.3. The van der Waals surface area contributed by atoms with Crippen LogP contribution in [0, 0.1) is 11.6 Å². The van der Waals surface area contributed by atoms with Crippen molar-refractivity contribution in [2.75, 3.05) is 24.5 Å². The van der Waals surface area contributed by atoms with Crippen molar-refractivity contribution in [1.29, 1.82) is 0 Å². The summed E-state index contributed by atoms with van der Waals surface area (Å²) >= 11 is 0. The Kier molecular flexibility index (Phi) is 6.31. The molecule has 0 radical (unpaired) electrons. The van der Waals surface area contributed by atoms with Gasteiger partial charge in [0.05, 0.1) is 24.1 Å². The fraction of sp³-hybridized carbons (Fsp3) is 0.417. The van der Waals surface area contributed by atoms with Gasteiger partial charge in [0.1, 0.15) is 17.6 Å². The van der Waals surface area contributed by atoms with E-state index < -0.39 is 18.4 Å². The summed E-state index contributed by atoms with van der Waals surface area (Å²) in [5.74, 6) is -0.684. The lowest BCUT2D eigenvalue weighted by molar-refractivity contribution is -0.129. The number of ether oxygens (including phenoxy) is 1. The van der Waals surface area contributed by atoms with Gasteiger partial charge in [-0.15, -0.1) is 0 Å². The molecule has 11 heteroatoms. The lowest BCUT2D eigenvalue weighted by atomic mass is 10.1. The predicted octanol–water partition coefficient (Wildman–Crippen LogP) is 3.50. The third kappa shape index (κ3) is 4.80. The average molecular weight is 486 g/mol. The SMILES string of the molecule is CC(=O)N1CCc2nc(N3CCC(Oc4ccc(F)cc4F)CC3)c(-c3cnn(CF)c3)nc2C1. The minimum Gasteiger partial charge on any atom is -0.487 e. The second-order valence-electron chi connectivity index (χ2n) is 8.75. The number of aromatic nitrogens is 4. The topological polar surface area (TPSA) is 76.4 Å². The summed E-state index contributed by atoms with van der Waals surface area (Å²) in [6, 6.07) is 3.29. The summed E-state index contributed by atoms with van der Waals surface area (Å²) in [5.41, 5.74) is 2.78. The van der Waals surface area contributed by atoms with Crippen LogP contribution in [0.1, 0.15) is 31.2 Å². The number of fused-ring (bicyclic) bond motifs is 1. The number of alkyl halides is 1. The molecule has 0 unspecified atom stereocenters.